The van der Waals surface area contributed by atoms with E-state index in [-0.39, 0.29) is 5.91 Å². The Kier molecular flexibility index (Phi) is 3.92. The zero-order chi connectivity index (χ0) is 13.9. The van der Waals surface area contributed by atoms with E-state index in [1.165, 1.54) is 38.8 Å². The fraction of sp³-hybridized carbons (Fsp3) is 0.562. The molecular formula is C16H23N3O. The molecule has 0 saturated carbocycles. The monoisotopic (exact) mass is 273 g/mol. The van der Waals surface area contributed by atoms with Crippen molar-refractivity contribution in [3.05, 3.63) is 29.8 Å². The van der Waals surface area contributed by atoms with Gasteiger partial charge in [0.2, 0.25) is 5.91 Å². The van der Waals surface area contributed by atoms with Gasteiger partial charge in [-0.25, -0.2) is 0 Å². The molecule has 1 aromatic rings. The number of carbonyl (C=O) groups excluding carboxylic acids is 1. The summed E-state index contributed by atoms with van der Waals surface area (Å²) in [5, 5.41) is 3.63. The van der Waals surface area contributed by atoms with Gasteiger partial charge in [0.1, 0.15) is 0 Å². The van der Waals surface area contributed by atoms with Crippen LogP contribution in [0.25, 0.3) is 0 Å². The molecule has 3 N–H and O–H groups in total. The molecule has 2 aliphatic rings. The molecule has 20 heavy (non-hydrogen) atoms. The zero-order valence-corrected chi connectivity index (χ0v) is 11.8. The van der Waals surface area contributed by atoms with Gasteiger partial charge in [0.15, 0.2) is 0 Å². The summed E-state index contributed by atoms with van der Waals surface area (Å²) in [5.74, 6) is -0.278. The Morgan fingerprint density at radius 1 is 1.25 bits per heavy atom. The van der Waals surface area contributed by atoms with E-state index in [0.29, 0.717) is 12.5 Å². The number of amides is 1. The average molecular weight is 273 g/mol. The highest BCUT2D eigenvalue weighted by atomic mass is 16.1. The Morgan fingerprint density at radius 2 is 2.05 bits per heavy atom. The average Bonchev–Trinajstić information content (AvgIpc) is 2.88. The van der Waals surface area contributed by atoms with Gasteiger partial charge < -0.3 is 16.0 Å². The number of hydrogen-bond acceptors (Lipinski definition) is 3. The van der Waals surface area contributed by atoms with Crippen LogP contribution in [0.2, 0.25) is 0 Å². The topological polar surface area (TPSA) is 58.4 Å². The summed E-state index contributed by atoms with van der Waals surface area (Å²) >= 11 is 0. The van der Waals surface area contributed by atoms with Crippen LogP contribution >= 0.6 is 0 Å². The van der Waals surface area contributed by atoms with Crippen LogP contribution in [0.5, 0.6) is 0 Å². The Morgan fingerprint density at radius 3 is 2.80 bits per heavy atom. The third-order valence-corrected chi connectivity index (χ3v) is 4.52. The number of nitrogens with two attached hydrogens (primary N) is 1. The largest absolute Gasteiger partial charge is 0.382 e. The van der Waals surface area contributed by atoms with Gasteiger partial charge >= 0.3 is 0 Å². The molecule has 4 nitrogen and oxygen atoms in total. The molecule has 2 aliphatic heterocycles. The van der Waals surface area contributed by atoms with Crippen molar-refractivity contribution in [2.45, 2.75) is 44.2 Å². The van der Waals surface area contributed by atoms with Crippen LogP contribution in [-0.4, -0.2) is 36.0 Å². The number of benzene rings is 1. The standard InChI is InChI=1S/C16H23N3O/c17-16(20)10-12-3-5-13(6-4-12)18-14-7-9-19-8-1-2-15(19)11-14/h3-6,14-15,18H,1-2,7-11H2,(H2,17,20). The molecule has 2 atom stereocenters. The first-order valence-electron chi connectivity index (χ1n) is 7.58. The molecule has 2 saturated heterocycles. The number of nitrogens with zero attached hydrogens (tertiary/aromatic N) is 1. The van der Waals surface area contributed by atoms with Crippen LogP contribution in [0.3, 0.4) is 0 Å². The lowest BCUT2D eigenvalue weighted by atomic mass is 9.97. The minimum absolute atomic E-state index is 0.278. The predicted octanol–water partition coefficient (Wildman–Crippen LogP) is 1.75. The van der Waals surface area contributed by atoms with Crippen LogP contribution in [0.4, 0.5) is 5.69 Å². The molecule has 0 spiro atoms. The predicted molar refractivity (Wildman–Crippen MR) is 80.6 cm³/mol. The second kappa shape index (κ2) is 5.83. The van der Waals surface area contributed by atoms with E-state index in [9.17, 15) is 4.79 Å². The van der Waals surface area contributed by atoms with Gasteiger partial charge in [-0.3, -0.25) is 4.79 Å². The highest BCUT2D eigenvalue weighted by molar-refractivity contribution is 5.76. The first-order chi connectivity index (χ1) is 9.70. The van der Waals surface area contributed by atoms with Gasteiger partial charge in [0.25, 0.3) is 0 Å². The van der Waals surface area contributed by atoms with Crippen LogP contribution < -0.4 is 11.1 Å². The highest BCUT2D eigenvalue weighted by Gasteiger charge is 2.31. The Labute approximate surface area is 120 Å². The molecule has 2 fully saturated rings. The molecule has 0 bridgehead atoms. The second-order valence-corrected chi connectivity index (χ2v) is 6.04. The normalized spacial score (nSPS) is 26.2. The number of piperidine rings is 1. The van der Waals surface area contributed by atoms with E-state index in [1.54, 1.807) is 0 Å². The molecule has 0 aromatic heterocycles. The summed E-state index contributed by atoms with van der Waals surface area (Å²) in [4.78, 5) is 13.5. The molecule has 3 rings (SSSR count). The molecule has 0 aliphatic carbocycles. The van der Waals surface area contributed by atoms with E-state index >= 15 is 0 Å². The Balaban J connectivity index is 1.56. The van der Waals surface area contributed by atoms with E-state index in [1.807, 2.05) is 12.1 Å². The zero-order valence-electron chi connectivity index (χ0n) is 11.8. The first-order valence-corrected chi connectivity index (χ1v) is 7.58. The molecular weight excluding hydrogens is 250 g/mol. The fourth-order valence-electron chi connectivity index (χ4n) is 3.51. The lowest BCUT2D eigenvalue weighted by Crippen LogP contribution is -2.42. The molecule has 4 heteroatoms. The smallest absolute Gasteiger partial charge is 0.221 e. The van der Waals surface area contributed by atoms with Gasteiger partial charge in [-0.1, -0.05) is 12.1 Å². The maximum absolute atomic E-state index is 10.9. The van der Waals surface area contributed by atoms with Crippen molar-refractivity contribution in [3.8, 4) is 0 Å². The second-order valence-electron chi connectivity index (χ2n) is 6.04. The molecule has 0 radical (unpaired) electrons. The third-order valence-electron chi connectivity index (χ3n) is 4.52. The Hall–Kier alpha value is -1.55. The Bertz CT molecular complexity index is 471. The molecule has 2 heterocycles. The highest BCUT2D eigenvalue weighted by Crippen LogP contribution is 2.28. The van der Waals surface area contributed by atoms with Crippen LogP contribution in [0.1, 0.15) is 31.2 Å². The first kappa shape index (κ1) is 13.4. The quantitative estimate of drug-likeness (QED) is 0.878. The van der Waals surface area contributed by atoms with Crippen molar-refractivity contribution >= 4 is 11.6 Å². The van der Waals surface area contributed by atoms with Crippen LogP contribution in [0.15, 0.2) is 24.3 Å². The van der Waals surface area contributed by atoms with Crippen molar-refractivity contribution in [2.24, 2.45) is 5.73 Å². The maximum Gasteiger partial charge on any atom is 0.221 e. The molecule has 1 amide bonds. The number of fused-ring (bicyclic) bond motifs is 1. The molecule has 1 aromatic carbocycles. The van der Waals surface area contributed by atoms with Gasteiger partial charge in [-0.2, -0.15) is 0 Å². The maximum atomic E-state index is 10.9. The number of rotatable bonds is 4. The summed E-state index contributed by atoms with van der Waals surface area (Å²) in [6.45, 7) is 2.52. The van der Waals surface area contributed by atoms with Crippen molar-refractivity contribution in [3.63, 3.8) is 0 Å². The lowest BCUT2D eigenvalue weighted by Gasteiger charge is -2.35. The van der Waals surface area contributed by atoms with E-state index in [4.69, 9.17) is 5.73 Å². The number of anilines is 1. The third kappa shape index (κ3) is 3.12. The van der Waals surface area contributed by atoms with E-state index in [0.717, 1.165) is 17.3 Å². The summed E-state index contributed by atoms with van der Waals surface area (Å²) < 4.78 is 0. The van der Waals surface area contributed by atoms with Crippen LogP contribution in [-0.2, 0) is 11.2 Å². The van der Waals surface area contributed by atoms with Crippen molar-refractivity contribution < 1.29 is 4.79 Å². The number of primary amides is 1. The van der Waals surface area contributed by atoms with E-state index in [2.05, 4.69) is 22.3 Å². The van der Waals surface area contributed by atoms with Crippen molar-refractivity contribution in [1.82, 2.24) is 4.90 Å². The SMILES string of the molecule is NC(=O)Cc1ccc(NC2CCN3CCCC3C2)cc1. The summed E-state index contributed by atoms with van der Waals surface area (Å²) in [7, 11) is 0. The fourth-order valence-corrected chi connectivity index (χ4v) is 3.51. The van der Waals surface area contributed by atoms with Gasteiger partial charge in [-0.05, 0) is 49.9 Å². The minimum Gasteiger partial charge on any atom is -0.382 e. The van der Waals surface area contributed by atoms with Gasteiger partial charge in [0, 0.05) is 24.3 Å². The number of nitrogens with one attached hydrogen (secondary N) is 1. The molecule has 2 unspecified atom stereocenters. The van der Waals surface area contributed by atoms with Crippen molar-refractivity contribution in [2.75, 3.05) is 18.4 Å². The number of carbonyl (C=O) groups is 1. The molecule has 108 valence electrons. The van der Waals surface area contributed by atoms with Gasteiger partial charge in [-0.15, -0.1) is 0 Å². The summed E-state index contributed by atoms with van der Waals surface area (Å²) in [5.41, 5.74) is 7.33. The van der Waals surface area contributed by atoms with E-state index < -0.39 is 0 Å². The minimum atomic E-state index is -0.278. The number of hydrogen-bond donors (Lipinski definition) is 2. The van der Waals surface area contributed by atoms with Crippen LogP contribution in [0, 0.1) is 0 Å². The van der Waals surface area contributed by atoms with Gasteiger partial charge in [0.05, 0.1) is 6.42 Å². The summed E-state index contributed by atoms with van der Waals surface area (Å²) in [6.07, 6.45) is 5.51. The lowest BCUT2D eigenvalue weighted by molar-refractivity contribution is -0.117. The van der Waals surface area contributed by atoms with Crippen molar-refractivity contribution in [1.29, 1.82) is 0 Å². The summed E-state index contributed by atoms with van der Waals surface area (Å²) in [6, 6.07) is 9.44.